The summed E-state index contributed by atoms with van der Waals surface area (Å²) in [6, 6.07) is 9.63. The number of aryl methyl sites for hydroxylation is 3. The average Bonchev–Trinajstić information content (AvgIpc) is 2.86. The molecule has 0 fully saturated rings. The van der Waals surface area contributed by atoms with Crippen LogP contribution in [-0.4, -0.2) is 31.2 Å². The van der Waals surface area contributed by atoms with Gasteiger partial charge in [-0.25, -0.2) is 8.42 Å². The summed E-state index contributed by atoms with van der Waals surface area (Å²) in [7, 11) is -2.01. The van der Waals surface area contributed by atoms with E-state index in [1.807, 2.05) is 19.9 Å². The molecule has 0 bridgehead atoms. The van der Waals surface area contributed by atoms with Gasteiger partial charge in [0.05, 0.1) is 22.2 Å². The second kappa shape index (κ2) is 7.64. The first-order chi connectivity index (χ1) is 13.5. The topological polar surface area (TPSA) is 88.5 Å². The molecule has 1 aromatic heterocycles. The Balaban J connectivity index is 1.93. The zero-order valence-electron chi connectivity index (χ0n) is 16.9. The van der Waals surface area contributed by atoms with E-state index in [1.54, 1.807) is 48.9 Å². The fraction of sp³-hybridized carbons (Fsp3) is 0.300. The summed E-state index contributed by atoms with van der Waals surface area (Å²) in [5.41, 5.74) is 3.55. The third-order valence-corrected chi connectivity index (χ3v) is 6.85. The molecule has 1 amide bonds. The maximum atomic E-state index is 12.9. The van der Waals surface area contributed by atoms with E-state index in [0.29, 0.717) is 11.4 Å². The van der Waals surface area contributed by atoms with Gasteiger partial charge in [0.25, 0.3) is 0 Å². The Labute approximate surface area is 173 Å². The number of thiazole rings is 1. The molecule has 0 aliphatic heterocycles. The van der Waals surface area contributed by atoms with Crippen molar-refractivity contribution in [3.63, 3.8) is 0 Å². The van der Waals surface area contributed by atoms with Gasteiger partial charge >= 0.3 is 4.87 Å². The van der Waals surface area contributed by atoms with E-state index in [2.05, 4.69) is 5.32 Å². The lowest BCUT2D eigenvalue weighted by Gasteiger charge is -2.28. The number of sulfonamides is 1. The molecular weight excluding hydrogens is 410 g/mol. The highest BCUT2D eigenvalue weighted by Crippen LogP contribution is 2.25. The number of nitrogens with one attached hydrogen (secondary N) is 1. The summed E-state index contributed by atoms with van der Waals surface area (Å²) in [5, 5.41) is 2.76. The van der Waals surface area contributed by atoms with Crippen LogP contribution >= 0.6 is 11.3 Å². The van der Waals surface area contributed by atoms with Crippen LogP contribution in [0.25, 0.3) is 10.2 Å². The Kier molecular flexibility index (Phi) is 5.55. The van der Waals surface area contributed by atoms with E-state index in [4.69, 9.17) is 0 Å². The number of fused-ring (bicyclic) bond motifs is 1. The average molecular weight is 434 g/mol. The van der Waals surface area contributed by atoms with Gasteiger partial charge in [-0.15, -0.1) is 0 Å². The fourth-order valence-corrected chi connectivity index (χ4v) is 5.42. The van der Waals surface area contributed by atoms with Gasteiger partial charge < -0.3 is 9.88 Å². The molecule has 154 valence electrons. The first-order valence-corrected chi connectivity index (χ1v) is 11.6. The third-order valence-electron chi connectivity index (χ3n) is 4.61. The van der Waals surface area contributed by atoms with E-state index in [1.165, 1.54) is 0 Å². The molecule has 0 saturated carbocycles. The zero-order valence-corrected chi connectivity index (χ0v) is 18.5. The van der Waals surface area contributed by atoms with Crippen molar-refractivity contribution in [2.24, 2.45) is 7.05 Å². The smallest absolute Gasteiger partial charge is 0.307 e. The lowest BCUT2D eigenvalue weighted by Crippen LogP contribution is -2.45. The summed E-state index contributed by atoms with van der Waals surface area (Å²) < 4.78 is 28.4. The molecule has 9 heteroatoms. The van der Waals surface area contributed by atoms with Gasteiger partial charge in [0, 0.05) is 12.7 Å². The van der Waals surface area contributed by atoms with Crippen LogP contribution in [0.1, 0.15) is 18.1 Å². The second-order valence-electron chi connectivity index (χ2n) is 7.18. The number of hydrogen-bond donors (Lipinski definition) is 1. The predicted octanol–water partition coefficient (Wildman–Crippen LogP) is 3.01. The number of anilines is 2. The van der Waals surface area contributed by atoms with Crippen LogP contribution in [0.5, 0.6) is 0 Å². The van der Waals surface area contributed by atoms with Crippen LogP contribution in [0.3, 0.4) is 0 Å². The number of amides is 1. The summed E-state index contributed by atoms with van der Waals surface area (Å²) in [5.74, 6) is -0.461. The standard InChI is InChI=1S/C20H23N3O4S2/c1-12-8-13(2)10-16(9-12)23(29(5,26)27)14(3)19(24)21-15-6-7-17-18(11-15)28-20(25)22(17)4/h6-11,14H,1-5H3,(H,21,24)/t14-/m0/s1. The van der Waals surface area contributed by atoms with E-state index in [9.17, 15) is 18.0 Å². The van der Waals surface area contributed by atoms with Gasteiger partial charge in [0.1, 0.15) is 6.04 Å². The molecule has 1 N–H and O–H groups in total. The van der Waals surface area contributed by atoms with E-state index in [-0.39, 0.29) is 4.87 Å². The van der Waals surface area contributed by atoms with Crippen LogP contribution in [0.2, 0.25) is 0 Å². The Bertz CT molecular complexity index is 1240. The SMILES string of the molecule is Cc1cc(C)cc(N([C@@H](C)C(=O)Nc2ccc3c(c2)sc(=O)n3C)S(C)(=O)=O)c1. The number of benzene rings is 2. The predicted molar refractivity (Wildman–Crippen MR) is 118 cm³/mol. The molecule has 3 rings (SSSR count). The van der Waals surface area contributed by atoms with Gasteiger partial charge in [-0.2, -0.15) is 0 Å². The van der Waals surface area contributed by atoms with Crippen molar-refractivity contribution in [3.05, 3.63) is 57.2 Å². The molecule has 0 aliphatic carbocycles. The molecular formula is C20H23N3O4S2. The summed E-state index contributed by atoms with van der Waals surface area (Å²) in [4.78, 5) is 24.6. The molecule has 0 radical (unpaired) electrons. The van der Waals surface area contributed by atoms with E-state index in [0.717, 1.165) is 43.2 Å². The molecule has 7 nitrogen and oxygen atoms in total. The highest BCUT2D eigenvalue weighted by Gasteiger charge is 2.29. The Hall–Kier alpha value is -2.65. The molecule has 2 aromatic carbocycles. The van der Waals surface area contributed by atoms with Crippen LogP contribution in [0.4, 0.5) is 11.4 Å². The molecule has 0 saturated heterocycles. The molecule has 3 aromatic rings. The maximum absolute atomic E-state index is 12.9. The summed E-state index contributed by atoms with van der Waals surface area (Å²) in [6.07, 6.45) is 1.09. The number of hydrogen-bond acceptors (Lipinski definition) is 5. The van der Waals surface area contributed by atoms with Crippen LogP contribution in [-0.2, 0) is 21.9 Å². The lowest BCUT2D eigenvalue weighted by molar-refractivity contribution is -0.116. The van der Waals surface area contributed by atoms with Gasteiger partial charge in [0.2, 0.25) is 15.9 Å². The number of rotatable bonds is 5. The highest BCUT2D eigenvalue weighted by atomic mass is 32.2. The third kappa shape index (κ3) is 4.35. The summed E-state index contributed by atoms with van der Waals surface area (Å²) in [6.45, 7) is 5.30. The first-order valence-electron chi connectivity index (χ1n) is 8.95. The fourth-order valence-electron chi connectivity index (χ4n) is 3.34. The minimum absolute atomic E-state index is 0.0880. The van der Waals surface area contributed by atoms with Crippen molar-refractivity contribution in [2.45, 2.75) is 26.8 Å². The zero-order chi connectivity index (χ0) is 21.5. The number of nitrogens with zero attached hydrogens (tertiary/aromatic N) is 2. The minimum atomic E-state index is -3.70. The van der Waals surface area contributed by atoms with Crippen molar-refractivity contribution in [2.75, 3.05) is 15.9 Å². The van der Waals surface area contributed by atoms with Gasteiger partial charge in [-0.1, -0.05) is 17.4 Å². The van der Waals surface area contributed by atoms with E-state index >= 15 is 0 Å². The molecule has 1 heterocycles. The molecule has 0 unspecified atom stereocenters. The quantitative estimate of drug-likeness (QED) is 0.670. The van der Waals surface area contributed by atoms with Crippen molar-refractivity contribution in [1.29, 1.82) is 0 Å². The van der Waals surface area contributed by atoms with Gasteiger partial charge in [0.15, 0.2) is 0 Å². The molecule has 0 spiro atoms. The van der Waals surface area contributed by atoms with Gasteiger partial charge in [-0.05, 0) is 62.2 Å². The van der Waals surface area contributed by atoms with Crippen LogP contribution < -0.4 is 14.5 Å². The number of carbonyl (C=O) groups is 1. The molecule has 29 heavy (non-hydrogen) atoms. The normalized spacial score (nSPS) is 12.7. The highest BCUT2D eigenvalue weighted by molar-refractivity contribution is 7.92. The van der Waals surface area contributed by atoms with Crippen molar-refractivity contribution in [1.82, 2.24) is 4.57 Å². The van der Waals surface area contributed by atoms with E-state index < -0.39 is 22.0 Å². The second-order valence-corrected chi connectivity index (χ2v) is 10.0. The minimum Gasteiger partial charge on any atom is -0.324 e. The molecule has 1 atom stereocenters. The van der Waals surface area contributed by atoms with Crippen molar-refractivity contribution < 1.29 is 13.2 Å². The van der Waals surface area contributed by atoms with Crippen LogP contribution in [0.15, 0.2) is 41.2 Å². The molecule has 0 aliphatic rings. The Morgan fingerprint density at radius 3 is 2.34 bits per heavy atom. The monoisotopic (exact) mass is 433 g/mol. The van der Waals surface area contributed by atoms with Crippen LogP contribution in [0, 0.1) is 13.8 Å². The maximum Gasteiger partial charge on any atom is 0.307 e. The summed E-state index contributed by atoms with van der Waals surface area (Å²) >= 11 is 1.09. The Morgan fingerprint density at radius 2 is 1.76 bits per heavy atom. The van der Waals surface area contributed by atoms with Crippen molar-refractivity contribution >= 4 is 48.9 Å². The number of aromatic nitrogens is 1. The van der Waals surface area contributed by atoms with Crippen molar-refractivity contribution in [3.8, 4) is 0 Å². The Morgan fingerprint density at radius 1 is 1.14 bits per heavy atom. The van der Waals surface area contributed by atoms with Gasteiger partial charge in [-0.3, -0.25) is 13.9 Å². The largest absolute Gasteiger partial charge is 0.324 e. The lowest BCUT2D eigenvalue weighted by atomic mass is 10.1. The first kappa shape index (κ1) is 21.1. The number of carbonyl (C=O) groups excluding carboxylic acids is 1.